The molecule has 0 fully saturated rings. The van der Waals surface area contributed by atoms with E-state index >= 15 is 0 Å². The molecule has 6 heavy (non-hydrogen) atoms. The van der Waals surface area contributed by atoms with Gasteiger partial charge in [0.2, 0.25) is 0 Å². The molecule has 0 saturated carbocycles. The van der Waals surface area contributed by atoms with Crippen molar-refractivity contribution in [2.75, 3.05) is 7.11 Å². The molecule has 0 heterocycles. The molecule has 0 spiro atoms. The van der Waals surface area contributed by atoms with Crippen LogP contribution in [0.4, 0.5) is 4.53 Å². The van der Waals surface area contributed by atoms with Crippen molar-refractivity contribution in [3.05, 3.63) is 0 Å². The second-order valence-corrected chi connectivity index (χ2v) is 0.632. The van der Waals surface area contributed by atoms with Crippen LogP contribution in [0.15, 0.2) is 0 Å². The summed E-state index contributed by atoms with van der Waals surface area (Å²) in [5.41, 5.74) is 0. The van der Waals surface area contributed by atoms with Crippen LogP contribution in [0.2, 0.25) is 0 Å². The van der Waals surface area contributed by atoms with Gasteiger partial charge in [-0.2, -0.15) is 4.86 Å². The quantitative estimate of drug-likeness (QED) is 0.469. The third kappa shape index (κ3) is 2.13. The highest BCUT2D eigenvalue weighted by Crippen LogP contribution is 1.77. The van der Waals surface area contributed by atoms with Crippen LogP contribution in [0.5, 0.6) is 0 Å². The van der Waals surface area contributed by atoms with E-state index in [-0.39, 0.29) is 0 Å². The molecular weight excluding hydrogens is 89.8 g/mol. The maximum absolute atomic E-state index is 10.5. The predicted molar refractivity (Wildman–Crippen MR) is 17.2 cm³/mol. The van der Waals surface area contributed by atoms with Gasteiger partial charge in [-0.15, -0.1) is 0 Å². The molecule has 36 valence electrons. The molecular formula is CH4BFO3. The molecule has 0 radical (unpaired) electrons. The molecule has 0 aliphatic rings. The smallest absolute Gasteiger partial charge is 0.400 e. The first-order valence-electron chi connectivity index (χ1n) is 1.29. The predicted octanol–water partition coefficient (Wildman–Crippen LogP) is -0.489. The minimum atomic E-state index is -1.73. The highest BCUT2D eigenvalue weighted by molar-refractivity contribution is 6.33. The lowest BCUT2D eigenvalue weighted by Gasteiger charge is -1.89. The number of halogens is 1. The summed E-state index contributed by atoms with van der Waals surface area (Å²) >= 11 is 0. The summed E-state index contributed by atoms with van der Waals surface area (Å²) in [6.45, 7) is 0. The average Bonchev–Trinajstić information content (AvgIpc) is 1.65. The Labute approximate surface area is 34.8 Å². The molecule has 5 heteroatoms. The Hall–Kier alpha value is -0.125. The highest BCUT2D eigenvalue weighted by atomic mass is 19.3. The zero-order chi connectivity index (χ0) is 4.99. The minimum absolute atomic E-state index is 1.12. The van der Waals surface area contributed by atoms with Gasteiger partial charge >= 0.3 is 7.32 Å². The Balaban J connectivity index is 2.75. The average molecular weight is 93.9 g/mol. The van der Waals surface area contributed by atoms with E-state index in [2.05, 4.69) is 9.51 Å². The van der Waals surface area contributed by atoms with Crippen LogP contribution >= 0.6 is 0 Å². The van der Waals surface area contributed by atoms with Crippen LogP contribution in [-0.2, 0) is 9.51 Å². The van der Waals surface area contributed by atoms with Crippen molar-refractivity contribution < 1.29 is 19.1 Å². The fourth-order valence-electron chi connectivity index (χ4n) is 0.0364. The van der Waals surface area contributed by atoms with Gasteiger partial charge in [-0.1, -0.05) is 4.53 Å². The first-order chi connectivity index (χ1) is 2.81. The molecule has 0 rings (SSSR count). The van der Waals surface area contributed by atoms with Gasteiger partial charge in [0.15, 0.2) is 0 Å². The van der Waals surface area contributed by atoms with Gasteiger partial charge in [-0.25, -0.2) is 0 Å². The maximum atomic E-state index is 10.5. The summed E-state index contributed by atoms with van der Waals surface area (Å²) in [5.74, 6) is 0. The molecule has 3 nitrogen and oxygen atoms in total. The fourth-order valence-corrected chi connectivity index (χ4v) is 0.0364. The molecule has 0 aliphatic carbocycles. The topological polar surface area (TPSA) is 38.7 Å². The van der Waals surface area contributed by atoms with Crippen LogP contribution in [0.25, 0.3) is 0 Å². The van der Waals surface area contributed by atoms with E-state index in [4.69, 9.17) is 5.02 Å². The first-order valence-corrected chi connectivity index (χ1v) is 1.29. The van der Waals surface area contributed by atoms with E-state index in [1.54, 1.807) is 0 Å². The molecule has 0 bridgehead atoms. The monoisotopic (exact) mass is 94.0 g/mol. The SMILES string of the molecule is COB(O)OF. The standard InChI is InChI=1S/CH4BFO3/c1-5-2(4)6-3/h4H,1H3. The van der Waals surface area contributed by atoms with Gasteiger partial charge in [-0.3, -0.25) is 0 Å². The van der Waals surface area contributed by atoms with Crippen molar-refractivity contribution in [2.24, 2.45) is 0 Å². The molecule has 0 unspecified atom stereocenters. The van der Waals surface area contributed by atoms with Crippen LogP contribution < -0.4 is 0 Å². The summed E-state index contributed by atoms with van der Waals surface area (Å²) in [7, 11) is -0.616. The van der Waals surface area contributed by atoms with E-state index in [0.29, 0.717) is 0 Å². The molecule has 0 saturated heterocycles. The summed E-state index contributed by atoms with van der Waals surface area (Å²) in [6, 6.07) is 0. The van der Waals surface area contributed by atoms with E-state index in [0.717, 1.165) is 7.11 Å². The van der Waals surface area contributed by atoms with Crippen molar-refractivity contribution in [1.29, 1.82) is 0 Å². The number of hydrogen-bond donors (Lipinski definition) is 1. The Morgan fingerprint density at radius 3 is 2.33 bits per heavy atom. The largest absolute Gasteiger partial charge is 0.669 e. The molecule has 1 N–H and O–H groups in total. The first kappa shape index (κ1) is 5.87. The summed E-state index contributed by atoms with van der Waals surface area (Å²) in [4.78, 5) is 2.73. The second-order valence-electron chi connectivity index (χ2n) is 0.632. The van der Waals surface area contributed by atoms with Gasteiger partial charge in [0.25, 0.3) is 0 Å². The molecule has 0 aliphatic heterocycles. The lowest BCUT2D eigenvalue weighted by atomic mass is 10.3. The molecule has 0 aromatic carbocycles. The van der Waals surface area contributed by atoms with E-state index in [1.807, 2.05) is 0 Å². The van der Waals surface area contributed by atoms with E-state index in [9.17, 15) is 4.53 Å². The normalized spacial score (nSPS) is 8.50. The zero-order valence-electron chi connectivity index (χ0n) is 3.22. The second kappa shape index (κ2) is 3.08. The van der Waals surface area contributed by atoms with Crippen LogP contribution in [0.1, 0.15) is 0 Å². The third-order valence-electron chi connectivity index (χ3n) is 0.278. The molecule has 0 amide bonds. The summed E-state index contributed by atoms with van der Waals surface area (Å²) in [5, 5.41) is 7.85. The summed E-state index contributed by atoms with van der Waals surface area (Å²) in [6.07, 6.45) is 0. The Morgan fingerprint density at radius 2 is 2.33 bits per heavy atom. The van der Waals surface area contributed by atoms with Crippen molar-refractivity contribution in [1.82, 2.24) is 0 Å². The molecule has 0 aromatic heterocycles. The summed E-state index contributed by atoms with van der Waals surface area (Å²) < 4.78 is 14.4. The van der Waals surface area contributed by atoms with Gasteiger partial charge in [0.05, 0.1) is 0 Å². The molecule has 0 atom stereocenters. The lowest BCUT2D eigenvalue weighted by molar-refractivity contribution is -0.0614. The van der Waals surface area contributed by atoms with Crippen molar-refractivity contribution >= 4 is 7.32 Å². The van der Waals surface area contributed by atoms with Crippen molar-refractivity contribution in [2.45, 2.75) is 0 Å². The number of hydrogen-bond acceptors (Lipinski definition) is 3. The minimum Gasteiger partial charge on any atom is -0.400 e. The lowest BCUT2D eigenvalue weighted by Crippen LogP contribution is -2.15. The van der Waals surface area contributed by atoms with Crippen LogP contribution in [0.3, 0.4) is 0 Å². The van der Waals surface area contributed by atoms with Crippen LogP contribution in [-0.4, -0.2) is 19.5 Å². The van der Waals surface area contributed by atoms with Crippen molar-refractivity contribution in [3.63, 3.8) is 0 Å². The highest BCUT2D eigenvalue weighted by Gasteiger charge is 2.11. The van der Waals surface area contributed by atoms with Gasteiger partial charge in [-0.05, 0) is 0 Å². The van der Waals surface area contributed by atoms with Crippen molar-refractivity contribution in [3.8, 4) is 0 Å². The van der Waals surface area contributed by atoms with Gasteiger partial charge in [0, 0.05) is 7.11 Å². The maximum Gasteiger partial charge on any atom is 0.669 e. The zero-order valence-corrected chi connectivity index (χ0v) is 3.22. The Morgan fingerprint density at radius 1 is 1.83 bits per heavy atom. The van der Waals surface area contributed by atoms with E-state index in [1.165, 1.54) is 0 Å². The Kier molecular flexibility index (Phi) is 3.02. The molecule has 0 aromatic rings. The fraction of sp³-hybridized carbons (Fsp3) is 1.00. The Bertz CT molecular complexity index is 30.0. The van der Waals surface area contributed by atoms with Crippen LogP contribution in [0, 0.1) is 0 Å². The third-order valence-corrected chi connectivity index (χ3v) is 0.278. The van der Waals surface area contributed by atoms with E-state index < -0.39 is 7.32 Å². The van der Waals surface area contributed by atoms with Gasteiger partial charge < -0.3 is 9.68 Å². The van der Waals surface area contributed by atoms with Gasteiger partial charge in [0.1, 0.15) is 0 Å². The number of rotatable bonds is 2.